The smallest absolute Gasteiger partial charge is 0.213 e. The van der Waals surface area contributed by atoms with Gasteiger partial charge in [0, 0.05) is 27.0 Å². The SMILES string of the molecule is Clc1cccc([C@H]2Oc3ccc(Br)cc3[C@@H]3CC(c4cccs4)=NN23)c1. The number of halogens is 2. The number of thiophene rings is 1. The summed E-state index contributed by atoms with van der Waals surface area (Å²) in [5.74, 6) is 0.905. The average molecular weight is 446 g/mol. The second-order valence-electron chi connectivity index (χ2n) is 6.33. The fourth-order valence-electron chi connectivity index (χ4n) is 3.53. The molecule has 0 bridgehead atoms. The van der Waals surface area contributed by atoms with Crippen LogP contribution in [0.1, 0.15) is 34.7 Å². The second-order valence-corrected chi connectivity index (χ2v) is 8.63. The normalized spacial score (nSPS) is 21.0. The first-order valence-corrected chi connectivity index (χ1v) is 10.4. The summed E-state index contributed by atoms with van der Waals surface area (Å²) in [5, 5.41) is 9.81. The van der Waals surface area contributed by atoms with Crippen LogP contribution in [0.5, 0.6) is 5.75 Å². The molecule has 130 valence electrons. The predicted octanol–water partition coefficient (Wildman–Crippen LogP) is 6.41. The molecule has 3 aromatic rings. The van der Waals surface area contributed by atoms with Gasteiger partial charge in [-0.05, 0) is 41.8 Å². The van der Waals surface area contributed by atoms with Crippen molar-refractivity contribution in [3.63, 3.8) is 0 Å². The molecule has 3 nitrogen and oxygen atoms in total. The van der Waals surface area contributed by atoms with Gasteiger partial charge in [-0.3, -0.25) is 0 Å². The van der Waals surface area contributed by atoms with E-state index in [-0.39, 0.29) is 12.3 Å². The fourth-order valence-corrected chi connectivity index (χ4v) is 4.83. The van der Waals surface area contributed by atoms with Crippen molar-refractivity contribution in [3.8, 4) is 5.75 Å². The second kappa shape index (κ2) is 6.41. The average Bonchev–Trinajstić information content (AvgIpc) is 3.31. The third-order valence-corrected chi connectivity index (χ3v) is 6.34. The van der Waals surface area contributed by atoms with E-state index in [9.17, 15) is 0 Å². The van der Waals surface area contributed by atoms with Gasteiger partial charge in [-0.1, -0.05) is 45.7 Å². The molecule has 5 rings (SSSR count). The number of hydrazone groups is 1. The van der Waals surface area contributed by atoms with Crippen LogP contribution in [0.15, 0.2) is 69.6 Å². The van der Waals surface area contributed by atoms with E-state index >= 15 is 0 Å². The highest BCUT2D eigenvalue weighted by atomic mass is 79.9. The van der Waals surface area contributed by atoms with Crippen molar-refractivity contribution in [2.75, 3.05) is 0 Å². The molecule has 0 aliphatic carbocycles. The highest BCUT2D eigenvalue weighted by Crippen LogP contribution is 2.48. The van der Waals surface area contributed by atoms with Crippen LogP contribution in [0.2, 0.25) is 5.02 Å². The lowest BCUT2D eigenvalue weighted by molar-refractivity contribution is -0.0190. The van der Waals surface area contributed by atoms with Gasteiger partial charge >= 0.3 is 0 Å². The lowest BCUT2D eigenvalue weighted by atomic mass is 9.98. The molecule has 3 heterocycles. The van der Waals surface area contributed by atoms with E-state index in [1.54, 1.807) is 11.3 Å². The van der Waals surface area contributed by atoms with Crippen LogP contribution in [0.25, 0.3) is 0 Å². The van der Waals surface area contributed by atoms with Crippen LogP contribution < -0.4 is 4.74 Å². The molecular weight excluding hydrogens is 432 g/mol. The topological polar surface area (TPSA) is 24.8 Å². The molecular formula is C20H14BrClN2OS. The molecule has 0 unspecified atom stereocenters. The molecule has 0 spiro atoms. The first-order valence-electron chi connectivity index (χ1n) is 8.30. The summed E-state index contributed by atoms with van der Waals surface area (Å²) in [4.78, 5) is 1.21. The Morgan fingerprint density at radius 3 is 2.88 bits per heavy atom. The monoisotopic (exact) mass is 444 g/mol. The maximum atomic E-state index is 6.35. The first-order chi connectivity index (χ1) is 12.7. The van der Waals surface area contributed by atoms with Gasteiger partial charge in [0.1, 0.15) is 5.75 Å². The number of fused-ring (bicyclic) bond motifs is 3. The van der Waals surface area contributed by atoms with E-state index in [1.807, 2.05) is 36.4 Å². The zero-order valence-corrected chi connectivity index (χ0v) is 16.8. The molecule has 26 heavy (non-hydrogen) atoms. The van der Waals surface area contributed by atoms with Gasteiger partial charge < -0.3 is 4.74 Å². The van der Waals surface area contributed by atoms with Gasteiger partial charge in [-0.2, -0.15) is 5.10 Å². The summed E-state index contributed by atoms with van der Waals surface area (Å²) in [6, 6.07) is 18.3. The summed E-state index contributed by atoms with van der Waals surface area (Å²) < 4.78 is 7.40. The van der Waals surface area contributed by atoms with Crippen LogP contribution >= 0.6 is 38.9 Å². The zero-order chi connectivity index (χ0) is 17.7. The van der Waals surface area contributed by atoms with Crippen molar-refractivity contribution in [1.82, 2.24) is 5.01 Å². The summed E-state index contributed by atoms with van der Waals surface area (Å²) >= 11 is 11.5. The van der Waals surface area contributed by atoms with Crippen molar-refractivity contribution in [2.45, 2.75) is 18.7 Å². The van der Waals surface area contributed by atoms with Gasteiger partial charge in [0.05, 0.1) is 16.6 Å². The molecule has 0 radical (unpaired) electrons. The summed E-state index contributed by atoms with van der Waals surface area (Å²) in [5.41, 5.74) is 3.27. The quantitative estimate of drug-likeness (QED) is 0.455. The molecule has 0 fully saturated rings. The minimum absolute atomic E-state index is 0.150. The molecule has 0 amide bonds. The molecule has 0 N–H and O–H groups in total. The number of rotatable bonds is 2. The van der Waals surface area contributed by atoms with Gasteiger partial charge in [-0.15, -0.1) is 11.3 Å². The molecule has 2 atom stereocenters. The van der Waals surface area contributed by atoms with E-state index in [0.29, 0.717) is 5.02 Å². The molecule has 2 aliphatic heterocycles. The summed E-state index contributed by atoms with van der Waals surface area (Å²) in [6.45, 7) is 0. The lowest BCUT2D eigenvalue weighted by Crippen LogP contribution is -2.33. The Bertz CT molecular complexity index is 1000. The largest absolute Gasteiger partial charge is 0.464 e. The first kappa shape index (κ1) is 16.4. The lowest BCUT2D eigenvalue weighted by Gasteiger charge is -2.38. The van der Waals surface area contributed by atoms with Crippen molar-refractivity contribution < 1.29 is 4.74 Å². The third-order valence-electron chi connectivity index (χ3n) is 4.69. The number of hydrogen-bond acceptors (Lipinski definition) is 4. The van der Waals surface area contributed by atoms with Gasteiger partial charge in [0.15, 0.2) is 0 Å². The molecule has 1 aromatic heterocycles. The number of ether oxygens (including phenoxy) is 1. The maximum absolute atomic E-state index is 6.35. The van der Waals surface area contributed by atoms with Gasteiger partial charge in [-0.25, -0.2) is 5.01 Å². The molecule has 2 aliphatic rings. The summed E-state index contributed by atoms with van der Waals surface area (Å²) in [7, 11) is 0. The Balaban J connectivity index is 1.63. The van der Waals surface area contributed by atoms with Crippen LogP contribution in [0, 0.1) is 0 Å². The molecule has 6 heteroatoms. The Kier molecular flexibility index (Phi) is 4.03. The van der Waals surface area contributed by atoms with Gasteiger partial charge in [0.25, 0.3) is 0 Å². The summed E-state index contributed by atoms with van der Waals surface area (Å²) in [6.07, 6.45) is 0.578. The van der Waals surface area contributed by atoms with Crippen LogP contribution in [0.3, 0.4) is 0 Å². The van der Waals surface area contributed by atoms with E-state index in [2.05, 4.69) is 44.5 Å². The van der Waals surface area contributed by atoms with Crippen LogP contribution in [-0.2, 0) is 0 Å². The predicted molar refractivity (Wildman–Crippen MR) is 109 cm³/mol. The molecule has 0 saturated carbocycles. The zero-order valence-electron chi connectivity index (χ0n) is 13.6. The Labute approximate surface area is 169 Å². The minimum Gasteiger partial charge on any atom is -0.464 e. The van der Waals surface area contributed by atoms with Crippen molar-refractivity contribution in [3.05, 3.63) is 85.5 Å². The third kappa shape index (κ3) is 2.75. The highest BCUT2D eigenvalue weighted by molar-refractivity contribution is 9.10. The highest BCUT2D eigenvalue weighted by Gasteiger charge is 2.41. The fraction of sp³-hybridized carbons (Fsp3) is 0.150. The van der Waals surface area contributed by atoms with Crippen molar-refractivity contribution in [1.29, 1.82) is 0 Å². The van der Waals surface area contributed by atoms with E-state index in [0.717, 1.165) is 33.5 Å². The van der Waals surface area contributed by atoms with Crippen molar-refractivity contribution in [2.24, 2.45) is 5.10 Å². The van der Waals surface area contributed by atoms with E-state index in [1.165, 1.54) is 4.88 Å². The molecule has 2 aromatic carbocycles. The van der Waals surface area contributed by atoms with Crippen LogP contribution in [0.4, 0.5) is 0 Å². The number of hydrogen-bond donors (Lipinski definition) is 0. The maximum Gasteiger partial charge on any atom is 0.213 e. The minimum atomic E-state index is -0.287. The number of benzene rings is 2. The standard InChI is InChI=1S/C20H14BrClN2OS/c21-13-6-7-18-15(10-13)17-11-16(19-5-2-8-26-19)23-24(17)20(25-18)12-3-1-4-14(22)9-12/h1-10,17,20H,11H2/t17-,20+/m0/s1. The Morgan fingerprint density at radius 2 is 2.08 bits per heavy atom. The number of nitrogens with zero attached hydrogens (tertiary/aromatic N) is 2. The van der Waals surface area contributed by atoms with Crippen molar-refractivity contribution >= 4 is 44.6 Å². The van der Waals surface area contributed by atoms with E-state index in [4.69, 9.17) is 21.4 Å². The Hall–Kier alpha value is -1.82. The van der Waals surface area contributed by atoms with Gasteiger partial charge in [0.2, 0.25) is 6.23 Å². The van der Waals surface area contributed by atoms with Crippen LogP contribution in [-0.4, -0.2) is 10.7 Å². The molecule has 0 saturated heterocycles. The Morgan fingerprint density at radius 1 is 1.15 bits per heavy atom. The van der Waals surface area contributed by atoms with E-state index < -0.39 is 0 Å².